The molecule has 0 amide bonds. The Morgan fingerprint density at radius 2 is 1.78 bits per heavy atom. The van der Waals surface area contributed by atoms with E-state index < -0.39 is 0 Å². The quantitative estimate of drug-likeness (QED) is 0.763. The maximum atomic E-state index is 5.60. The molecule has 1 N–H and O–H groups in total. The van der Waals surface area contributed by atoms with Crippen molar-refractivity contribution in [1.29, 1.82) is 0 Å². The summed E-state index contributed by atoms with van der Waals surface area (Å²) < 4.78 is 5.60. The predicted molar refractivity (Wildman–Crippen MR) is 78.1 cm³/mol. The molecule has 0 aliphatic rings. The molecular formula is C16H27NO. The van der Waals surface area contributed by atoms with Gasteiger partial charge in [0.1, 0.15) is 0 Å². The Labute approximate surface area is 112 Å². The van der Waals surface area contributed by atoms with E-state index in [2.05, 4.69) is 50.4 Å². The lowest BCUT2D eigenvalue weighted by Gasteiger charge is -2.19. The van der Waals surface area contributed by atoms with Gasteiger partial charge in [0.25, 0.3) is 0 Å². The topological polar surface area (TPSA) is 21.3 Å². The number of nitrogens with one attached hydrogen (secondary N) is 1. The number of aryl methyl sites for hydroxylation is 1. The summed E-state index contributed by atoms with van der Waals surface area (Å²) in [4.78, 5) is 0. The summed E-state index contributed by atoms with van der Waals surface area (Å²) in [6.07, 6.45) is 0. The lowest BCUT2D eigenvalue weighted by atomic mass is 9.98. The Bertz CT molecular complexity index is 318. The van der Waals surface area contributed by atoms with Crippen LogP contribution in [0, 0.1) is 12.8 Å². The van der Waals surface area contributed by atoms with Gasteiger partial charge >= 0.3 is 0 Å². The van der Waals surface area contributed by atoms with Crippen LogP contribution < -0.4 is 5.32 Å². The second-order valence-electron chi connectivity index (χ2n) is 5.32. The van der Waals surface area contributed by atoms with Crippen molar-refractivity contribution in [2.45, 2.75) is 33.6 Å². The molecule has 1 aromatic rings. The molecule has 102 valence electrons. The molecule has 0 bridgehead atoms. The highest BCUT2D eigenvalue weighted by molar-refractivity contribution is 5.24. The van der Waals surface area contributed by atoms with Gasteiger partial charge in [-0.3, -0.25) is 0 Å². The van der Waals surface area contributed by atoms with Gasteiger partial charge in [0, 0.05) is 19.1 Å². The zero-order valence-electron chi connectivity index (χ0n) is 12.2. The molecule has 1 aromatic carbocycles. The highest BCUT2D eigenvalue weighted by Crippen LogP contribution is 2.16. The van der Waals surface area contributed by atoms with Gasteiger partial charge in [-0.15, -0.1) is 0 Å². The van der Waals surface area contributed by atoms with E-state index in [1.54, 1.807) is 0 Å². The summed E-state index contributed by atoms with van der Waals surface area (Å²) in [6, 6.07) is 8.79. The maximum absolute atomic E-state index is 5.60. The summed E-state index contributed by atoms with van der Waals surface area (Å²) in [5.41, 5.74) is 2.68. The van der Waals surface area contributed by atoms with Crippen molar-refractivity contribution in [3.8, 4) is 0 Å². The number of hydrogen-bond acceptors (Lipinski definition) is 2. The molecule has 1 unspecified atom stereocenters. The molecule has 1 atom stereocenters. The van der Waals surface area contributed by atoms with E-state index in [0.29, 0.717) is 11.8 Å². The van der Waals surface area contributed by atoms with Gasteiger partial charge in [-0.1, -0.05) is 43.7 Å². The summed E-state index contributed by atoms with van der Waals surface area (Å²) >= 11 is 0. The van der Waals surface area contributed by atoms with Crippen molar-refractivity contribution in [2.24, 2.45) is 5.92 Å². The van der Waals surface area contributed by atoms with Gasteiger partial charge in [0.2, 0.25) is 0 Å². The lowest BCUT2D eigenvalue weighted by molar-refractivity contribution is 0.131. The molecule has 1 rings (SSSR count). The molecule has 0 spiro atoms. The first-order chi connectivity index (χ1) is 8.63. The number of ether oxygens (including phenoxy) is 1. The van der Waals surface area contributed by atoms with Crippen molar-refractivity contribution in [1.82, 2.24) is 5.32 Å². The van der Waals surface area contributed by atoms with E-state index in [-0.39, 0.29) is 0 Å². The van der Waals surface area contributed by atoms with Gasteiger partial charge in [-0.2, -0.15) is 0 Å². The van der Waals surface area contributed by atoms with Crippen LogP contribution in [0.15, 0.2) is 24.3 Å². The monoisotopic (exact) mass is 249 g/mol. The average Bonchev–Trinajstić information content (AvgIpc) is 2.34. The fraction of sp³-hybridized carbons (Fsp3) is 0.625. The third-order valence-electron chi connectivity index (χ3n) is 3.02. The minimum Gasteiger partial charge on any atom is -0.381 e. The lowest BCUT2D eigenvalue weighted by Crippen LogP contribution is -2.27. The molecular weight excluding hydrogens is 222 g/mol. The molecule has 0 aliphatic carbocycles. The maximum Gasteiger partial charge on any atom is 0.0546 e. The first kappa shape index (κ1) is 15.2. The molecule has 0 saturated heterocycles. The standard InChI is InChI=1S/C16H27NO/c1-5-18-12-16(11-17-10-13(2)3)15-8-6-14(4)7-9-15/h6-9,13,16-17H,5,10-12H2,1-4H3. The Hall–Kier alpha value is -0.860. The molecule has 0 heterocycles. The van der Waals surface area contributed by atoms with Crippen LogP contribution in [0.2, 0.25) is 0 Å². The highest BCUT2D eigenvalue weighted by Gasteiger charge is 2.11. The highest BCUT2D eigenvalue weighted by atomic mass is 16.5. The van der Waals surface area contributed by atoms with Crippen LogP contribution in [-0.4, -0.2) is 26.3 Å². The minimum absolute atomic E-state index is 0.448. The fourth-order valence-electron chi connectivity index (χ4n) is 1.92. The Kier molecular flexibility index (Phi) is 6.99. The van der Waals surface area contributed by atoms with Crippen LogP contribution >= 0.6 is 0 Å². The zero-order chi connectivity index (χ0) is 13.4. The van der Waals surface area contributed by atoms with Crippen molar-refractivity contribution >= 4 is 0 Å². The van der Waals surface area contributed by atoms with Gasteiger partial charge in [0.05, 0.1) is 6.61 Å². The van der Waals surface area contributed by atoms with Crippen molar-refractivity contribution in [3.05, 3.63) is 35.4 Å². The Balaban J connectivity index is 2.56. The largest absolute Gasteiger partial charge is 0.381 e. The van der Waals surface area contributed by atoms with Crippen molar-refractivity contribution in [3.63, 3.8) is 0 Å². The van der Waals surface area contributed by atoms with E-state index in [9.17, 15) is 0 Å². The summed E-state index contributed by atoms with van der Waals surface area (Å²) in [5.74, 6) is 1.14. The number of hydrogen-bond donors (Lipinski definition) is 1. The van der Waals surface area contributed by atoms with Crippen LogP contribution in [0.5, 0.6) is 0 Å². The summed E-state index contributed by atoms with van der Waals surface area (Å²) in [6.45, 7) is 12.3. The summed E-state index contributed by atoms with van der Waals surface area (Å²) in [5, 5.41) is 3.53. The molecule has 2 heteroatoms. The van der Waals surface area contributed by atoms with Crippen LogP contribution in [0.3, 0.4) is 0 Å². The molecule has 18 heavy (non-hydrogen) atoms. The molecule has 0 aliphatic heterocycles. The normalized spacial score (nSPS) is 12.9. The Morgan fingerprint density at radius 3 is 2.33 bits per heavy atom. The van der Waals surface area contributed by atoms with E-state index in [1.165, 1.54) is 11.1 Å². The average molecular weight is 249 g/mol. The Morgan fingerprint density at radius 1 is 1.11 bits per heavy atom. The number of rotatable bonds is 8. The van der Waals surface area contributed by atoms with Crippen molar-refractivity contribution < 1.29 is 4.74 Å². The van der Waals surface area contributed by atoms with E-state index in [0.717, 1.165) is 26.3 Å². The van der Waals surface area contributed by atoms with E-state index >= 15 is 0 Å². The third-order valence-corrected chi connectivity index (χ3v) is 3.02. The van der Waals surface area contributed by atoms with E-state index in [4.69, 9.17) is 4.74 Å². The first-order valence-corrected chi connectivity index (χ1v) is 6.98. The number of benzene rings is 1. The van der Waals surface area contributed by atoms with Crippen LogP contribution in [0.4, 0.5) is 0 Å². The smallest absolute Gasteiger partial charge is 0.0546 e. The molecule has 0 fully saturated rings. The molecule has 0 saturated carbocycles. The molecule has 0 radical (unpaired) electrons. The SMILES string of the molecule is CCOCC(CNCC(C)C)c1ccc(C)cc1. The first-order valence-electron chi connectivity index (χ1n) is 6.98. The van der Waals surface area contributed by atoms with Crippen molar-refractivity contribution in [2.75, 3.05) is 26.3 Å². The van der Waals surface area contributed by atoms with Crippen LogP contribution in [-0.2, 0) is 4.74 Å². The summed E-state index contributed by atoms with van der Waals surface area (Å²) in [7, 11) is 0. The third kappa shape index (κ3) is 5.65. The zero-order valence-corrected chi connectivity index (χ0v) is 12.2. The van der Waals surface area contributed by atoms with Gasteiger partial charge in [0.15, 0.2) is 0 Å². The van der Waals surface area contributed by atoms with E-state index in [1.807, 2.05) is 6.92 Å². The van der Waals surface area contributed by atoms with Gasteiger partial charge in [-0.05, 0) is 31.9 Å². The predicted octanol–water partition coefficient (Wildman–Crippen LogP) is 3.36. The van der Waals surface area contributed by atoms with Crippen LogP contribution in [0.1, 0.15) is 37.8 Å². The molecule has 2 nitrogen and oxygen atoms in total. The fourth-order valence-corrected chi connectivity index (χ4v) is 1.92. The second kappa shape index (κ2) is 8.28. The van der Waals surface area contributed by atoms with Crippen LogP contribution in [0.25, 0.3) is 0 Å². The van der Waals surface area contributed by atoms with Gasteiger partial charge < -0.3 is 10.1 Å². The second-order valence-corrected chi connectivity index (χ2v) is 5.32. The van der Waals surface area contributed by atoms with Gasteiger partial charge in [-0.25, -0.2) is 0 Å². The molecule has 0 aromatic heterocycles. The minimum atomic E-state index is 0.448.